The fraction of sp³-hybridized carbons (Fsp3) is 0.579. The third kappa shape index (κ3) is 2.94. The Morgan fingerprint density at radius 1 is 1.08 bits per heavy atom. The number of piperidine rings is 1. The average Bonchev–Trinajstić information content (AvgIpc) is 3.24. The molecule has 6 nitrogen and oxygen atoms in total. The van der Waals surface area contributed by atoms with Gasteiger partial charge in [0.2, 0.25) is 0 Å². The molecule has 0 aliphatic carbocycles. The summed E-state index contributed by atoms with van der Waals surface area (Å²) in [7, 11) is 1.60. The first-order chi connectivity index (χ1) is 12.2. The van der Waals surface area contributed by atoms with Gasteiger partial charge >= 0.3 is 6.03 Å². The highest BCUT2D eigenvalue weighted by molar-refractivity contribution is 5.94. The fourth-order valence-corrected chi connectivity index (χ4v) is 4.37. The van der Waals surface area contributed by atoms with E-state index in [2.05, 4.69) is 4.90 Å². The van der Waals surface area contributed by atoms with Crippen molar-refractivity contribution in [3.05, 3.63) is 29.8 Å². The average molecular weight is 343 g/mol. The van der Waals surface area contributed by atoms with Crippen LogP contribution in [0.5, 0.6) is 5.75 Å². The molecule has 3 saturated heterocycles. The van der Waals surface area contributed by atoms with Gasteiger partial charge in [-0.1, -0.05) is 6.07 Å². The first-order valence-corrected chi connectivity index (χ1v) is 9.18. The van der Waals surface area contributed by atoms with Crippen LogP contribution in [0.25, 0.3) is 0 Å². The third-order valence-electron chi connectivity index (χ3n) is 5.79. The molecular formula is C19H25N3O3. The van der Waals surface area contributed by atoms with Gasteiger partial charge in [-0.3, -0.25) is 4.79 Å². The lowest BCUT2D eigenvalue weighted by molar-refractivity contribution is 0.0661. The van der Waals surface area contributed by atoms with Gasteiger partial charge in [-0.25, -0.2) is 4.79 Å². The van der Waals surface area contributed by atoms with Crippen molar-refractivity contribution in [3.63, 3.8) is 0 Å². The second kappa shape index (κ2) is 6.58. The first kappa shape index (κ1) is 16.2. The lowest BCUT2D eigenvalue weighted by Crippen LogP contribution is -2.48. The van der Waals surface area contributed by atoms with Gasteiger partial charge in [0, 0.05) is 37.8 Å². The van der Waals surface area contributed by atoms with E-state index < -0.39 is 0 Å². The lowest BCUT2D eigenvalue weighted by atomic mass is 10.0. The maximum Gasteiger partial charge on any atom is 0.320 e. The summed E-state index contributed by atoms with van der Waals surface area (Å²) in [6.45, 7) is 3.19. The molecule has 0 aromatic heterocycles. The molecule has 6 heteroatoms. The van der Waals surface area contributed by atoms with E-state index in [1.807, 2.05) is 28.0 Å². The van der Waals surface area contributed by atoms with Crippen LogP contribution in [0.2, 0.25) is 0 Å². The van der Waals surface area contributed by atoms with Gasteiger partial charge in [0.05, 0.1) is 13.2 Å². The number of rotatable bonds is 3. The van der Waals surface area contributed by atoms with Crippen LogP contribution in [0.15, 0.2) is 24.3 Å². The van der Waals surface area contributed by atoms with Crippen molar-refractivity contribution < 1.29 is 14.3 Å². The number of ether oxygens (including phenoxy) is 1. The predicted molar refractivity (Wildman–Crippen MR) is 93.7 cm³/mol. The molecule has 1 aromatic rings. The molecule has 0 bridgehead atoms. The van der Waals surface area contributed by atoms with E-state index in [0.717, 1.165) is 38.8 Å². The zero-order chi connectivity index (χ0) is 17.4. The van der Waals surface area contributed by atoms with E-state index >= 15 is 0 Å². The minimum absolute atomic E-state index is 0.0470. The van der Waals surface area contributed by atoms with Crippen molar-refractivity contribution in [2.75, 3.05) is 33.3 Å². The Balaban J connectivity index is 1.37. The maximum absolute atomic E-state index is 12.7. The number of carbonyl (C=O) groups excluding carboxylic acids is 2. The Kier molecular flexibility index (Phi) is 4.27. The number of benzene rings is 1. The molecule has 3 fully saturated rings. The molecule has 0 N–H and O–H groups in total. The van der Waals surface area contributed by atoms with Crippen LogP contribution in [-0.4, -0.2) is 72.0 Å². The maximum atomic E-state index is 12.7. The smallest absolute Gasteiger partial charge is 0.320 e. The Labute approximate surface area is 148 Å². The third-order valence-corrected chi connectivity index (χ3v) is 5.79. The van der Waals surface area contributed by atoms with Crippen molar-refractivity contribution in [3.8, 4) is 5.75 Å². The molecule has 3 amide bonds. The highest BCUT2D eigenvalue weighted by Gasteiger charge is 2.43. The molecule has 134 valence electrons. The molecule has 0 saturated carbocycles. The van der Waals surface area contributed by atoms with Gasteiger partial charge in [0.25, 0.3) is 5.91 Å². The molecule has 0 spiro atoms. The summed E-state index contributed by atoms with van der Waals surface area (Å²) < 4.78 is 5.21. The monoisotopic (exact) mass is 343 g/mol. The molecule has 3 aliphatic heterocycles. The van der Waals surface area contributed by atoms with Crippen molar-refractivity contribution in [2.24, 2.45) is 0 Å². The Morgan fingerprint density at radius 3 is 2.60 bits per heavy atom. The molecular weight excluding hydrogens is 318 g/mol. The standard InChI is InChI=1S/C19H25N3O3/c1-25-17-6-2-4-14(12-17)18(23)20-10-7-15(8-11-20)22-13-16-5-3-9-21(16)19(22)24/h2,4,6,12,15-16H,3,5,7-11,13H2,1H3. The van der Waals surface area contributed by atoms with Gasteiger partial charge < -0.3 is 19.4 Å². The normalized spacial score (nSPS) is 24.0. The topological polar surface area (TPSA) is 53.1 Å². The van der Waals surface area contributed by atoms with E-state index in [1.54, 1.807) is 13.2 Å². The van der Waals surface area contributed by atoms with Gasteiger partial charge in [0.15, 0.2) is 0 Å². The first-order valence-electron chi connectivity index (χ1n) is 9.18. The summed E-state index contributed by atoms with van der Waals surface area (Å²) in [5.41, 5.74) is 0.663. The quantitative estimate of drug-likeness (QED) is 0.845. The largest absolute Gasteiger partial charge is 0.497 e. The van der Waals surface area contributed by atoms with Crippen LogP contribution in [0, 0.1) is 0 Å². The fourth-order valence-electron chi connectivity index (χ4n) is 4.37. The molecule has 0 radical (unpaired) electrons. The highest BCUT2D eigenvalue weighted by Crippen LogP contribution is 2.30. The lowest BCUT2D eigenvalue weighted by Gasteiger charge is -2.36. The molecule has 25 heavy (non-hydrogen) atoms. The molecule has 3 heterocycles. The van der Waals surface area contributed by atoms with Crippen molar-refractivity contribution >= 4 is 11.9 Å². The number of carbonyl (C=O) groups is 2. The minimum atomic E-state index is 0.0470. The Hall–Kier alpha value is -2.24. The molecule has 1 atom stereocenters. The van der Waals surface area contributed by atoms with Crippen molar-refractivity contribution in [1.29, 1.82) is 0 Å². The SMILES string of the molecule is COc1cccc(C(=O)N2CCC(N3CC4CCCN4C3=O)CC2)c1. The minimum Gasteiger partial charge on any atom is -0.497 e. The van der Waals surface area contributed by atoms with Gasteiger partial charge in [0.1, 0.15) is 5.75 Å². The van der Waals surface area contributed by atoms with Gasteiger partial charge in [-0.2, -0.15) is 0 Å². The molecule has 4 rings (SSSR count). The van der Waals surface area contributed by atoms with E-state index in [9.17, 15) is 9.59 Å². The second-order valence-electron chi connectivity index (χ2n) is 7.18. The van der Waals surface area contributed by atoms with Gasteiger partial charge in [-0.05, 0) is 43.9 Å². The van der Waals surface area contributed by atoms with E-state index in [1.165, 1.54) is 0 Å². The molecule has 1 aromatic carbocycles. The summed E-state index contributed by atoms with van der Waals surface area (Å²) >= 11 is 0. The number of methoxy groups -OCH3 is 1. The van der Waals surface area contributed by atoms with E-state index in [-0.39, 0.29) is 18.0 Å². The molecule has 3 aliphatic rings. The highest BCUT2D eigenvalue weighted by atomic mass is 16.5. The summed E-state index contributed by atoms with van der Waals surface area (Å²) in [6.07, 6.45) is 4.00. The number of likely N-dealkylation sites (tertiary alicyclic amines) is 1. The van der Waals surface area contributed by atoms with Crippen LogP contribution in [0.1, 0.15) is 36.0 Å². The van der Waals surface area contributed by atoms with Crippen LogP contribution in [0.4, 0.5) is 4.79 Å². The summed E-state index contributed by atoms with van der Waals surface area (Å²) in [5, 5.41) is 0. The van der Waals surface area contributed by atoms with E-state index in [0.29, 0.717) is 30.4 Å². The van der Waals surface area contributed by atoms with Crippen molar-refractivity contribution in [1.82, 2.24) is 14.7 Å². The van der Waals surface area contributed by atoms with Gasteiger partial charge in [-0.15, -0.1) is 0 Å². The second-order valence-corrected chi connectivity index (χ2v) is 7.18. The number of fused-ring (bicyclic) bond motifs is 1. The number of urea groups is 1. The molecule has 1 unspecified atom stereocenters. The summed E-state index contributed by atoms with van der Waals surface area (Å²) in [4.78, 5) is 31.2. The number of hydrogen-bond donors (Lipinski definition) is 0. The summed E-state index contributed by atoms with van der Waals surface area (Å²) in [5.74, 6) is 0.745. The predicted octanol–water partition coefficient (Wildman–Crippen LogP) is 2.20. The van der Waals surface area contributed by atoms with E-state index in [4.69, 9.17) is 4.74 Å². The Morgan fingerprint density at radius 2 is 1.88 bits per heavy atom. The zero-order valence-electron chi connectivity index (χ0n) is 14.7. The number of hydrogen-bond acceptors (Lipinski definition) is 3. The van der Waals surface area contributed by atoms with Crippen LogP contribution in [0.3, 0.4) is 0 Å². The van der Waals surface area contributed by atoms with Crippen LogP contribution in [-0.2, 0) is 0 Å². The number of amides is 3. The summed E-state index contributed by atoms with van der Waals surface area (Å²) in [6, 6.07) is 8.20. The zero-order valence-corrected chi connectivity index (χ0v) is 14.7. The van der Waals surface area contributed by atoms with Crippen LogP contribution < -0.4 is 4.74 Å². The van der Waals surface area contributed by atoms with Crippen LogP contribution >= 0.6 is 0 Å². The Bertz CT molecular complexity index is 670. The number of nitrogens with zero attached hydrogens (tertiary/aromatic N) is 3. The van der Waals surface area contributed by atoms with Crippen molar-refractivity contribution in [2.45, 2.75) is 37.8 Å².